The molecule has 0 radical (unpaired) electrons. The van der Waals surface area contributed by atoms with E-state index in [0.29, 0.717) is 0 Å². The standard InChI is InChI=1S/C14H20BNO4/c1-10(17)18-9-11-8-16-7-6-12(11)15-19-13(2,3)14(4,5)20-15/h6-8H,9H2,1-5H3. The molecule has 0 amide bonds. The number of hydrogen-bond donors (Lipinski definition) is 0. The third-order valence-corrected chi connectivity index (χ3v) is 3.88. The van der Waals surface area contributed by atoms with Crippen molar-refractivity contribution in [2.45, 2.75) is 52.4 Å². The molecule has 2 heterocycles. The van der Waals surface area contributed by atoms with Crippen LogP contribution in [0.1, 0.15) is 40.2 Å². The Morgan fingerprint density at radius 2 is 1.90 bits per heavy atom. The summed E-state index contributed by atoms with van der Waals surface area (Å²) in [6.45, 7) is 9.55. The van der Waals surface area contributed by atoms with Crippen LogP contribution >= 0.6 is 0 Å². The van der Waals surface area contributed by atoms with Crippen LogP contribution in [0.25, 0.3) is 0 Å². The van der Waals surface area contributed by atoms with Crippen LogP contribution in [0.4, 0.5) is 0 Å². The van der Waals surface area contributed by atoms with Crippen molar-refractivity contribution in [1.29, 1.82) is 0 Å². The Labute approximate surface area is 119 Å². The Hall–Kier alpha value is -1.40. The SMILES string of the molecule is CC(=O)OCc1cnccc1B1OC(C)(C)C(C)(C)O1. The minimum Gasteiger partial charge on any atom is -0.461 e. The maximum atomic E-state index is 11.0. The van der Waals surface area contributed by atoms with Gasteiger partial charge < -0.3 is 14.0 Å². The number of pyridine rings is 1. The highest BCUT2D eigenvalue weighted by Gasteiger charge is 2.52. The van der Waals surface area contributed by atoms with Gasteiger partial charge in [-0.05, 0) is 39.2 Å². The quantitative estimate of drug-likeness (QED) is 0.618. The molecule has 0 saturated carbocycles. The van der Waals surface area contributed by atoms with Crippen molar-refractivity contribution in [3.63, 3.8) is 0 Å². The molecule has 0 aromatic carbocycles. The summed E-state index contributed by atoms with van der Waals surface area (Å²) >= 11 is 0. The Balaban J connectivity index is 2.24. The molecule has 1 aliphatic rings. The molecule has 1 aliphatic heterocycles. The van der Waals surface area contributed by atoms with Crippen molar-refractivity contribution in [3.05, 3.63) is 24.0 Å². The molecule has 6 heteroatoms. The van der Waals surface area contributed by atoms with Crippen molar-refractivity contribution in [2.75, 3.05) is 0 Å². The highest BCUT2D eigenvalue weighted by molar-refractivity contribution is 6.62. The first-order chi connectivity index (χ1) is 9.23. The highest BCUT2D eigenvalue weighted by Crippen LogP contribution is 2.36. The van der Waals surface area contributed by atoms with Gasteiger partial charge >= 0.3 is 13.1 Å². The van der Waals surface area contributed by atoms with Crippen LogP contribution in [0.2, 0.25) is 0 Å². The lowest BCUT2D eigenvalue weighted by molar-refractivity contribution is -0.142. The summed E-state index contributed by atoms with van der Waals surface area (Å²) in [7, 11) is -0.478. The third kappa shape index (κ3) is 2.86. The molecule has 1 aromatic rings. The number of carbonyl (C=O) groups is 1. The van der Waals surface area contributed by atoms with E-state index in [1.165, 1.54) is 6.92 Å². The normalized spacial score (nSPS) is 19.9. The van der Waals surface area contributed by atoms with Crippen LogP contribution in [0.15, 0.2) is 18.5 Å². The number of nitrogens with zero attached hydrogens (tertiary/aromatic N) is 1. The van der Waals surface area contributed by atoms with Crippen molar-refractivity contribution in [3.8, 4) is 0 Å². The summed E-state index contributed by atoms with van der Waals surface area (Å²) in [4.78, 5) is 15.0. The maximum absolute atomic E-state index is 11.0. The zero-order valence-electron chi connectivity index (χ0n) is 12.6. The van der Waals surface area contributed by atoms with Crippen LogP contribution in [0.5, 0.6) is 0 Å². The molecule has 0 bridgehead atoms. The fourth-order valence-electron chi connectivity index (χ4n) is 1.94. The lowest BCUT2D eigenvalue weighted by atomic mass is 9.77. The van der Waals surface area contributed by atoms with Gasteiger partial charge in [0, 0.05) is 24.9 Å². The van der Waals surface area contributed by atoms with Crippen LogP contribution < -0.4 is 5.46 Å². The van der Waals surface area contributed by atoms with Gasteiger partial charge in [0.15, 0.2) is 0 Å². The number of esters is 1. The summed E-state index contributed by atoms with van der Waals surface area (Å²) in [5.41, 5.74) is 0.834. The van der Waals surface area contributed by atoms with Crippen molar-refractivity contribution >= 4 is 18.6 Å². The second-order valence-electron chi connectivity index (χ2n) is 5.94. The molecule has 0 spiro atoms. The molecule has 20 heavy (non-hydrogen) atoms. The Bertz CT molecular complexity index is 500. The van der Waals surface area contributed by atoms with Crippen LogP contribution in [0.3, 0.4) is 0 Å². The Morgan fingerprint density at radius 1 is 1.30 bits per heavy atom. The minimum absolute atomic E-state index is 0.169. The van der Waals surface area contributed by atoms with Crippen molar-refractivity contribution in [1.82, 2.24) is 4.98 Å². The summed E-state index contributed by atoms with van der Waals surface area (Å²) in [6.07, 6.45) is 3.35. The third-order valence-electron chi connectivity index (χ3n) is 3.88. The average Bonchev–Trinajstić information content (AvgIpc) is 2.56. The zero-order chi connectivity index (χ0) is 15.0. The van der Waals surface area contributed by atoms with E-state index < -0.39 is 18.3 Å². The van der Waals surface area contributed by atoms with E-state index in [4.69, 9.17) is 14.0 Å². The van der Waals surface area contributed by atoms with Crippen LogP contribution in [-0.2, 0) is 25.4 Å². The molecular weight excluding hydrogens is 257 g/mol. The largest absolute Gasteiger partial charge is 0.495 e. The summed E-state index contributed by atoms with van der Waals surface area (Å²) < 4.78 is 17.1. The molecule has 1 saturated heterocycles. The highest BCUT2D eigenvalue weighted by atomic mass is 16.7. The van der Waals surface area contributed by atoms with Gasteiger partial charge in [-0.1, -0.05) is 0 Å². The van der Waals surface area contributed by atoms with Crippen LogP contribution in [0, 0.1) is 0 Å². The predicted octanol–water partition coefficient (Wildman–Crippen LogP) is 1.44. The van der Waals surface area contributed by atoms with Gasteiger partial charge in [0.2, 0.25) is 0 Å². The number of carbonyl (C=O) groups excluding carboxylic acids is 1. The molecule has 2 rings (SSSR count). The molecule has 1 fully saturated rings. The molecule has 0 unspecified atom stereocenters. The van der Waals surface area contributed by atoms with E-state index in [1.807, 2.05) is 33.8 Å². The first-order valence-electron chi connectivity index (χ1n) is 6.65. The fraction of sp³-hybridized carbons (Fsp3) is 0.571. The van der Waals surface area contributed by atoms with E-state index in [-0.39, 0.29) is 12.6 Å². The van der Waals surface area contributed by atoms with Gasteiger partial charge in [0.25, 0.3) is 0 Å². The molecule has 0 N–H and O–H groups in total. The van der Waals surface area contributed by atoms with Crippen LogP contribution in [-0.4, -0.2) is 29.3 Å². The molecule has 5 nitrogen and oxygen atoms in total. The molecule has 0 atom stereocenters. The number of ether oxygens (including phenoxy) is 1. The molecule has 0 aliphatic carbocycles. The minimum atomic E-state index is -0.478. The Kier molecular flexibility index (Phi) is 3.89. The lowest BCUT2D eigenvalue weighted by Gasteiger charge is -2.32. The average molecular weight is 277 g/mol. The molecule has 108 valence electrons. The summed E-state index contributed by atoms with van der Waals surface area (Å²) in [5, 5.41) is 0. The Morgan fingerprint density at radius 3 is 2.45 bits per heavy atom. The molecular formula is C14H20BNO4. The van der Waals surface area contributed by atoms with Gasteiger partial charge in [-0.15, -0.1) is 0 Å². The van der Waals surface area contributed by atoms with Gasteiger partial charge in [0.05, 0.1) is 11.2 Å². The smallest absolute Gasteiger partial charge is 0.461 e. The fourth-order valence-corrected chi connectivity index (χ4v) is 1.94. The van der Waals surface area contributed by atoms with Crippen molar-refractivity contribution in [2.24, 2.45) is 0 Å². The van der Waals surface area contributed by atoms with Crippen molar-refractivity contribution < 1.29 is 18.8 Å². The monoisotopic (exact) mass is 277 g/mol. The first-order valence-corrected chi connectivity index (χ1v) is 6.65. The summed E-state index contributed by atoms with van der Waals surface area (Å²) in [6, 6.07) is 1.83. The van der Waals surface area contributed by atoms with E-state index in [1.54, 1.807) is 12.4 Å². The predicted molar refractivity (Wildman–Crippen MR) is 75.4 cm³/mol. The second kappa shape index (κ2) is 5.18. The van der Waals surface area contributed by atoms with E-state index in [9.17, 15) is 4.79 Å². The number of hydrogen-bond acceptors (Lipinski definition) is 5. The topological polar surface area (TPSA) is 57.7 Å². The van der Waals surface area contributed by atoms with Gasteiger partial charge in [0.1, 0.15) is 6.61 Å². The van der Waals surface area contributed by atoms with E-state index >= 15 is 0 Å². The van der Waals surface area contributed by atoms with E-state index in [2.05, 4.69) is 4.98 Å². The van der Waals surface area contributed by atoms with E-state index in [0.717, 1.165) is 11.0 Å². The first kappa shape index (κ1) is 15.0. The van der Waals surface area contributed by atoms with Gasteiger partial charge in [-0.2, -0.15) is 0 Å². The zero-order valence-corrected chi connectivity index (χ0v) is 12.6. The number of rotatable bonds is 3. The molecule has 1 aromatic heterocycles. The second-order valence-corrected chi connectivity index (χ2v) is 5.94. The lowest BCUT2D eigenvalue weighted by Crippen LogP contribution is -2.41. The van der Waals surface area contributed by atoms with Gasteiger partial charge in [-0.25, -0.2) is 0 Å². The maximum Gasteiger partial charge on any atom is 0.495 e. The van der Waals surface area contributed by atoms with Gasteiger partial charge in [-0.3, -0.25) is 9.78 Å². The summed E-state index contributed by atoms with van der Waals surface area (Å²) in [5.74, 6) is -0.325. The number of aromatic nitrogens is 1.